The average molecular weight is 392 g/mol. The Morgan fingerprint density at radius 1 is 1.21 bits per heavy atom. The van der Waals surface area contributed by atoms with Gasteiger partial charge >= 0.3 is 0 Å². The van der Waals surface area contributed by atoms with Crippen LogP contribution in [0.5, 0.6) is 11.5 Å². The molecule has 1 aromatic heterocycles. The minimum Gasteiger partial charge on any atom is -0.493 e. The van der Waals surface area contributed by atoms with Gasteiger partial charge in [0, 0.05) is 17.3 Å². The van der Waals surface area contributed by atoms with Crippen molar-refractivity contribution < 1.29 is 14.3 Å². The maximum atomic E-state index is 12.4. The molecule has 0 atom stereocenters. The molecule has 0 radical (unpaired) electrons. The SMILES string of the molecule is CCCCOc1ccc(C(=O)N/N=C\c2cnn(-c3ccccc3)c2)cc1OC. The van der Waals surface area contributed by atoms with Gasteiger partial charge in [0.05, 0.1) is 31.8 Å². The lowest BCUT2D eigenvalue weighted by Crippen LogP contribution is -2.17. The van der Waals surface area contributed by atoms with Crippen molar-refractivity contribution in [2.24, 2.45) is 5.10 Å². The Morgan fingerprint density at radius 2 is 2.03 bits per heavy atom. The van der Waals surface area contributed by atoms with Gasteiger partial charge in [-0.3, -0.25) is 4.79 Å². The fraction of sp³-hybridized carbons (Fsp3) is 0.227. The van der Waals surface area contributed by atoms with Gasteiger partial charge in [-0.05, 0) is 36.8 Å². The Hall–Kier alpha value is -3.61. The minimum absolute atomic E-state index is 0.338. The summed E-state index contributed by atoms with van der Waals surface area (Å²) in [4.78, 5) is 12.4. The highest BCUT2D eigenvalue weighted by atomic mass is 16.5. The zero-order valence-electron chi connectivity index (χ0n) is 16.5. The summed E-state index contributed by atoms with van der Waals surface area (Å²) in [6, 6.07) is 14.8. The fourth-order valence-electron chi connectivity index (χ4n) is 2.61. The van der Waals surface area contributed by atoms with Crippen molar-refractivity contribution in [2.45, 2.75) is 19.8 Å². The second kappa shape index (κ2) is 10.1. The number of rotatable bonds is 9. The molecular formula is C22H24N4O3. The van der Waals surface area contributed by atoms with E-state index in [1.165, 1.54) is 0 Å². The molecule has 0 saturated carbocycles. The first-order chi connectivity index (χ1) is 14.2. The molecule has 0 fully saturated rings. The maximum Gasteiger partial charge on any atom is 0.271 e. The molecule has 1 heterocycles. The molecule has 1 amide bonds. The number of nitrogens with one attached hydrogen (secondary N) is 1. The number of carbonyl (C=O) groups is 1. The normalized spacial score (nSPS) is 10.8. The Morgan fingerprint density at radius 3 is 2.79 bits per heavy atom. The molecule has 3 aromatic rings. The number of hydrogen-bond donors (Lipinski definition) is 1. The van der Waals surface area contributed by atoms with E-state index in [1.807, 2.05) is 36.5 Å². The number of hydrogen-bond acceptors (Lipinski definition) is 5. The van der Waals surface area contributed by atoms with Crippen LogP contribution >= 0.6 is 0 Å². The highest BCUT2D eigenvalue weighted by Crippen LogP contribution is 2.28. The quantitative estimate of drug-likeness (QED) is 0.341. The van der Waals surface area contributed by atoms with Gasteiger partial charge in [0.15, 0.2) is 11.5 Å². The number of nitrogens with zero attached hydrogens (tertiary/aromatic N) is 3. The number of benzene rings is 2. The molecule has 0 aliphatic heterocycles. The average Bonchev–Trinajstić information content (AvgIpc) is 3.23. The van der Waals surface area contributed by atoms with E-state index in [0.717, 1.165) is 24.1 Å². The summed E-state index contributed by atoms with van der Waals surface area (Å²) in [6.07, 6.45) is 7.06. The van der Waals surface area contributed by atoms with E-state index in [2.05, 4.69) is 22.5 Å². The highest BCUT2D eigenvalue weighted by molar-refractivity contribution is 5.95. The van der Waals surface area contributed by atoms with E-state index in [1.54, 1.807) is 42.4 Å². The number of hydrazone groups is 1. The summed E-state index contributed by atoms with van der Waals surface area (Å²) in [5.74, 6) is 0.798. The summed E-state index contributed by atoms with van der Waals surface area (Å²) < 4.78 is 12.8. The van der Waals surface area contributed by atoms with Gasteiger partial charge in [0.1, 0.15) is 0 Å². The van der Waals surface area contributed by atoms with E-state index in [-0.39, 0.29) is 5.91 Å². The zero-order valence-corrected chi connectivity index (χ0v) is 16.5. The lowest BCUT2D eigenvalue weighted by atomic mass is 10.2. The predicted molar refractivity (Wildman–Crippen MR) is 112 cm³/mol. The summed E-state index contributed by atoms with van der Waals surface area (Å²) in [5, 5.41) is 8.30. The monoisotopic (exact) mass is 392 g/mol. The third-order valence-electron chi connectivity index (χ3n) is 4.18. The highest BCUT2D eigenvalue weighted by Gasteiger charge is 2.11. The van der Waals surface area contributed by atoms with Crippen LogP contribution in [0.3, 0.4) is 0 Å². The van der Waals surface area contributed by atoms with Crippen LogP contribution in [0, 0.1) is 0 Å². The molecule has 1 N–H and O–H groups in total. The van der Waals surface area contributed by atoms with Gasteiger partial charge in [-0.25, -0.2) is 10.1 Å². The lowest BCUT2D eigenvalue weighted by Gasteiger charge is -2.11. The number of aromatic nitrogens is 2. The van der Waals surface area contributed by atoms with Gasteiger partial charge < -0.3 is 9.47 Å². The molecular weight excluding hydrogens is 368 g/mol. The topological polar surface area (TPSA) is 77.7 Å². The zero-order chi connectivity index (χ0) is 20.5. The second-order valence-corrected chi connectivity index (χ2v) is 6.32. The second-order valence-electron chi connectivity index (χ2n) is 6.32. The smallest absolute Gasteiger partial charge is 0.271 e. The largest absolute Gasteiger partial charge is 0.493 e. The van der Waals surface area contributed by atoms with Crippen LogP contribution in [0.4, 0.5) is 0 Å². The molecule has 7 nitrogen and oxygen atoms in total. The number of carbonyl (C=O) groups excluding carboxylic acids is 1. The van der Waals surface area contributed by atoms with Gasteiger partial charge in [-0.2, -0.15) is 10.2 Å². The molecule has 150 valence electrons. The summed E-state index contributed by atoms with van der Waals surface area (Å²) in [5.41, 5.74) is 4.67. The Labute approximate surface area is 170 Å². The molecule has 0 saturated heterocycles. The summed E-state index contributed by atoms with van der Waals surface area (Å²) >= 11 is 0. The first-order valence-corrected chi connectivity index (χ1v) is 9.45. The Balaban J connectivity index is 1.61. The Kier molecular flexibility index (Phi) is 7.00. The van der Waals surface area contributed by atoms with Crippen molar-refractivity contribution in [2.75, 3.05) is 13.7 Å². The van der Waals surface area contributed by atoms with Gasteiger partial charge in [-0.1, -0.05) is 31.5 Å². The number of unbranched alkanes of at least 4 members (excludes halogenated alkanes) is 1. The molecule has 0 unspecified atom stereocenters. The summed E-state index contributed by atoms with van der Waals surface area (Å²) in [6.45, 7) is 2.71. The van der Waals surface area contributed by atoms with E-state index >= 15 is 0 Å². The van der Waals surface area contributed by atoms with Crippen molar-refractivity contribution >= 4 is 12.1 Å². The van der Waals surface area contributed by atoms with Crippen molar-refractivity contribution in [1.82, 2.24) is 15.2 Å². The minimum atomic E-state index is -0.338. The van der Waals surface area contributed by atoms with E-state index in [4.69, 9.17) is 9.47 Å². The number of para-hydroxylation sites is 1. The molecule has 3 rings (SSSR count). The summed E-state index contributed by atoms with van der Waals surface area (Å²) in [7, 11) is 1.55. The first-order valence-electron chi connectivity index (χ1n) is 9.45. The van der Waals surface area contributed by atoms with Crippen LogP contribution in [-0.4, -0.2) is 35.6 Å². The van der Waals surface area contributed by atoms with Crippen LogP contribution in [0.15, 0.2) is 66.0 Å². The van der Waals surface area contributed by atoms with E-state index in [0.29, 0.717) is 23.7 Å². The van der Waals surface area contributed by atoms with Crippen LogP contribution in [0.2, 0.25) is 0 Å². The Bertz CT molecular complexity index is 967. The number of methoxy groups -OCH3 is 1. The third-order valence-corrected chi connectivity index (χ3v) is 4.18. The molecule has 0 spiro atoms. The molecule has 29 heavy (non-hydrogen) atoms. The van der Waals surface area contributed by atoms with Crippen molar-refractivity contribution in [3.63, 3.8) is 0 Å². The number of amides is 1. The molecule has 7 heteroatoms. The van der Waals surface area contributed by atoms with E-state index in [9.17, 15) is 4.79 Å². The van der Waals surface area contributed by atoms with Crippen LogP contribution in [-0.2, 0) is 0 Å². The molecule has 0 bridgehead atoms. The standard InChI is InChI=1S/C22H24N4O3/c1-3-4-12-29-20-11-10-18(13-21(20)28-2)22(27)25-23-14-17-15-24-26(16-17)19-8-6-5-7-9-19/h5-11,13-16H,3-4,12H2,1-2H3,(H,25,27)/b23-14-. The first kappa shape index (κ1) is 20.1. The molecule has 2 aromatic carbocycles. The molecule has 0 aliphatic carbocycles. The van der Waals surface area contributed by atoms with Gasteiger partial charge in [0.25, 0.3) is 5.91 Å². The van der Waals surface area contributed by atoms with Crippen molar-refractivity contribution in [1.29, 1.82) is 0 Å². The van der Waals surface area contributed by atoms with Gasteiger partial charge in [0.2, 0.25) is 0 Å². The van der Waals surface area contributed by atoms with Crippen LogP contribution < -0.4 is 14.9 Å². The third kappa shape index (κ3) is 5.44. The van der Waals surface area contributed by atoms with Gasteiger partial charge in [-0.15, -0.1) is 0 Å². The van der Waals surface area contributed by atoms with Crippen LogP contribution in [0.1, 0.15) is 35.7 Å². The van der Waals surface area contributed by atoms with E-state index < -0.39 is 0 Å². The lowest BCUT2D eigenvalue weighted by molar-refractivity contribution is 0.0954. The van der Waals surface area contributed by atoms with Crippen LogP contribution in [0.25, 0.3) is 5.69 Å². The fourth-order valence-corrected chi connectivity index (χ4v) is 2.61. The maximum absolute atomic E-state index is 12.4. The van der Waals surface area contributed by atoms with Crippen molar-refractivity contribution in [3.05, 3.63) is 72.1 Å². The molecule has 0 aliphatic rings. The van der Waals surface area contributed by atoms with Crippen molar-refractivity contribution in [3.8, 4) is 17.2 Å². The predicted octanol–water partition coefficient (Wildman–Crippen LogP) is 3.82. The number of ether oxygens (including phenoxy) is 2.